The summed E-state index contributed by atoms with van der Waals surface area (Å²) in [6.45, 7) is 0. The highest BCUT2D eigenvalue weighted by Crippen LogP contribution is 2.31. The Bertz CT molecular complexity index is 620. The van der Waals surface area contributed by atoms with E-state index < -0.39 is 10.0 Å². The molecule has 0 radical (unpaired) electrons. The summed E-state index contributed by atoms with van der Waals surface area (Å²) in [6.07, 6.45) is 1.11. The van der Waals surface area contributed by atoms with Crippen molar-refractivity contribution >= 4 is 38.6 Å². The van der Waals surface area contributed by atoms with Gasteiger partial charge in [-0.3, -0.25) is 4.72 Å². The Balaban J connectivity index is 2.28. The van der Waals surface area contributed by atoms with Crippen LogP contribution in [-0.2, 0) is 10.0 Å². The van der Waals surface area contributed by atoms with Crippen LogP contribution in [0.3, 0.4) is 0 Å². The molecular formula is C10H9ClN2O2S2. The molecule has 0 atom stereocenters. The maximum atomic E-state index is 11.0. The van der Waals surface area contributed by atoms with Gasteiger partial charge in [-0.05, 0) is 17.7 Å². The second-order valence-electron chi connectivity index (χ2n) is 3.42. The van der Waals surface area contributed by atoms with E-state index >= 15 is 0 Å². The molecule has 4 nitrogen and oxygen atoms in total. The molecule has 17 heavy (non-hydrogen) atoms. The number of benzene rings is 1. The highest BCUT2D eigenvalue weighted by atomic mass is 35.5. The molecule has 0 saturated carbocycles. The molecule has 1 heterocycles. The Morgan fingerprint density at radius 1 is 1.29 bits per heavy atom. The zero-order valence-corrected chi connectivity index (χ0v) is 11.2. The van der Waals surface area contributed by atoms with Crippen LogP contribution in [-0.4, -0.2) is 19.7 Å². The third kappa shape index (κ3) is 3.18. The van der Waals surface area contributed by atoms with Crippen molar-refractivity contribution in [1.82, 2.24) is 4.98 Å². The summed E-state index contributed by atoms with van der Waals surface area (Å²) in [5.41, 5.74) is 3.11. The van der Waals surface area contributed by atoms with Gasteiger partial charge in [0.2, 0.25) is 10.0 Å². The van der Waals surface area contributed by atoms with Crippen molar-refractivity contribution in [2.24, 2.45) is 0 Å². The molecule has 0 aliphatic rings. The Morgan fingerprint density at radius 2 is 1.94 bits per heavy atom. The number of thiazole rings is 1. The largest absolute Gasteiger partial charge is 0.284 e. The molecule has 0 spiro atoms. The lowest BCUT2D eigenvalue weighted by atomic mass is 10.2. The second kappa shape index (κ2) is 4.64. The predicted octanol–water partition coefficient (Wildman–Crippen LogP) is 2.84. The summed E-state index contributed by atoms with van der Waals surface area (Å²) in [6, 6.07) is 6.97. The van der Waals surface area contributed by atoms with Crippen LogP contribution in [0.4, 0.5) is 5.69 Å². The van der Waals surface area contributed by atoms with Crippen LogP contribution in [0.5, 0.6) is 0 Å². The van der Waals surface area contributed by atoms with E-state index in [0.29, 0.717) is 10.8 Å². The highest BCUT2D eigenvalue weighted by Gasteiger charge is 2.07. The first kappa shape index (κ1) is 12.3. The van der Waals surface area contributed by atoms with Crippen molar-refractivity contribution in [2.45, 2.75) is 0 Å². The molecule has 7 heteroatoms. The van der Waals surface area contributed by atoms with Crippen LogP contribution in [0.2, 0.25) is 5.15 Å². The quantitative estimate of drug-likeness (QED) is 0.945. The van der Waals surface area contributed by atoms with Crippen LogP contribution in [0.1, 0.15) is 0 Å². The van der Waals surface area contributed by atoms with Crippen molar-refractivity contribution in [3.05, 3.63) is 34.9 Å². The topological polar surface area (TPSA) is 59.1 Å². The van der Waals surface area contributed by atoms with Crippen molar-refractivity contribution in [3.63, 3.8) is 0 Å². The average molecular weight is 289 g/mol. The molecule has 2 rings (SSSR count). The standard InChI is InChI=1S/C10H9ClN2O2S2/c1-17(14,15)13-8-4-2-7(3-5-8)9-10(11)12-6-16-9/h2-6,13H,1H3. The van der Waals surface area contributed by atoms with Gasteiger partial charge in [-0.2, -0.15) is 0 Å². The van der Waals surface area contributed by atoms with E-state index in [2.05, 4.69) is 9.71 Å². The van der Waals surface area contributed by atoms with Crippen molar-refractivity contribution in [2.75, 3.05) is 11.0 Å². The van der Waals surface area contributed by atoms with Gasteiger partial charge in [0.05, 0.1) is 16.6 Å². The maximum absolute atomic E-state index is 11.0. The smallest absolute Gasteiger partial charge is 0.229 e. The van der Waals surface area contributed by atoms with Gasteiger partial charge in [0.1, 0.15) is 5.15 Å². The van der Waals surface area contributed by atoms with E-state index in [-0.39, 0.29) is 0 Å². The van der Waals surface area contributed by atoms with Crippen LogP contribution >= 0.6 is 22.9 Å². The van der Waals surface area contributed by atoms with E-state index in [1.165, 1.54) is 11.3 Å². The van der Waals surface area contributed by atoms with Gasteiger partial charge in [0.15, 0.2) is 0 Å². The molecule has 1 N–H and O–H groups in total. The summed E-state index contributed by atoms with van der Waals surface area (Å²) in [7, 11) is -3.24. The zero-order chi connectivity index (χ0) is 12.5. The third-order valence-electron chi connectivity index (χ3n) is 1.97. The van der Waals surface area contributed by atoms with Crippen LogP contribution in [0.15, 0.2) is 29.8 Å². The Labute approximate surface area is 108 Å². The van der Waals surface area contributed by atoms with Crippen molar-refractivity contribution in [3.8, 4) is 10.4 Å². The molecule has 0 fully saturated rings. The molecule has 90 valence electrons. The molecule has 2 aromatic rings. The summed E-state index contributed by atoms with van der Waals surface area (Å²) < 4.78 is 24.5. The van der Waals surface area contributed by atoms with Gasteiger partial charge in [-0.25, -0.2) is 13.4 Å². The number of nitrogens with one attached hydrogen (secondary N) is 1. The number of aromatic nitrogens is 1. The second-order valence-corrected chi connectivity index (χ2v) is 6.39. The summed E-state index contributed by atoms with van der Waals surface area (Å²) >= 11 is 7.35. The number of halogens is 1. The summed E-state index contributed by atoms with van der Waals surface area (Å²) in [4.78, 5) is 4.82. The lowest BCUT2D eigenvalue weighted by Gasteiger charge is -2.04. The minimum absolute atomic E-state index is 0.457. The van der Waals surface area contributed by atoms with Crippen molar-refractivity contribution < 1.29 is 8.42 Å². The van der Waals surface area contributed by atoms with Crippen molar-refractivity contribution in [1.29, 1.82) is 0 Å². The lowest BCUT2D eigenvalue weighted by Crippen LogP contribution is -2.09. The maximum Gasteiger partial charge on any atom is 0.229 e. The number of sulfonamides is 1. The minimum Gasteiger partial charge on any atom is -0.284 e. The van der Waals surface area contributed by atoms with E-state index in [9.17, 15) is 8.42 Å². The van der Waals surface area contributed by atoms with Gasteiger partial charge in [-0.1, -0.05) is 23.7 Å². The van der Waals surface area contributed by atoms with Gasteiger partial charge >= 0.3 is 0 Å². The molecule has 0 amide bonds. The first-order valence-electron chi connectivity index (χ1n) is 4.63. The molecule has 1 aromatic carbocycles. The van der Waals surface area contributed by atoms with Gasteiger partial charge < -0.3 is 0 Å². The minimum atomic E-state index is -3.24. The summed E-state index contributed by atoms with van der Waals surface area (Å²) in [5.74, 6) is 0. The molecule has 0 saturated heterocycles. The van der Waals surface area contributed by atoms with Gasteiger partial charge in [0, 0.05) is 5.69 Å². The SMILES string of the molecule is CS(=O)(=O)Nc1ccc(-c2scnc2Cl)cc1. The molecule has 0 aliphatic heterocycles. The number of hydrogen-bond donors (Lipinski definition) is 1. The fraction of sp³-hybridized carbons (Fsp3) is 0.100. The number of anilines is 1. The number of rotatable bonds is 3. The lowest BCUT2D eigenvalue weighted by molar-refractivity contribution is 0.607. The molecule has 0 unspecified atom stereocenters. The first-order chi connectivity index (χ1) is 7.96. The summed E-state index contributed by atoms with van der Waals surface area (Å²) in [5, 5.41) is 0.457. The highest BCUT2D eigenvalue weighted by molar-refractivity contribution is 7.92. The third-order valence-corrected chi connectivity index (χ3v) is 3.85. The Morgan fingerprint density at radius 3 is 2.41 bits per heavy atom. The van der Waals surface area contributed by atoms with E-state index in [1.807, 2.05) is 0 Å². The fourth-order valence-corrected chi connectivity index (χ4v) is 2.92. The Hall–Kier alpha value is -1.11. The van der Waals surface area contributed by atoms with Gasteiger partial charge in [0.25, 0.3) is 0 Å². The number of hydrogen-bond acceptors (Lipinski definition) is 4. The zero-order valence-electron chi connectivity index (χ0n) is 8.84. The average Bonchev–Trinajstić information content (AvgIpc) is 2.63. The van der Waals surface area contributed by atoms with Crippen LogP contribution < -0.4 is 4.72 Å². The van der Waals surface area contributed by atoms with Gasteiger partial charge in [-0.15, -0.1) is 11.3 Å². The normalized spacial score (nSPS) is 11.4. The monoisotopic (exact) mass is 288 g/mol. The van der Waals surface area contributed by atoms with E-state index in [4.69, 9.17) is 11.6 Å². The van der Waals surface area contributed by atoms with E-state index in [0.717, 1.165) is 16.7 Å². The molecular weight excluding hydrogens is 280 g/mol. The fourth-order valence-electron chi connectivity index (χ4n) is 1.32. The molecule has 0 aliphatic carbocycles. The van der Waals surface area contributed by atoms with Crippen LogP contribution in [0, 0.1) is 0 Å². The Kier molecular flexibility index (Phi) is 3.37. The van der Waals surface area contributed by atoms with E-state index in [1.54, 1.807) is 29.8 Å². The predicted molar refractivity (Wildman–Crippen MR) is 71.0 cm³/mol. The first-order valence-corrected chi connectivity index (χ1v) is 7.78. The van der Waals surface area contributed by atoms with Crippen LogP contribution in [0.25, 0.3) is 10.4 Å². The molecule has 0 bridgehead atoms. The number of nitrogens with zero attached hydrogens (tertiary/aromatic N) is 1. The molecule has 1 aromatic heterocycles.